The zero-order valence-corrected chi connectivity index (χ0v) is 13.1. The van der Waals surface area contributed by atoms with E-state index >= 15 is 0 Å². The number of aryl methyl sites for hydroxylation is 1. The number of ether oxygens (including phenoxy) is 2. The predicted octanol–water partition coefficient (Wildman–Crippen LogP) is 1.99. The van der Waals surface area contributed by atoms with E-state index in [0.29, 0.717) is 12.1 Å². The van der Waals surface area contributed by atoms with Gasteiger partial charge in [-0.3, -0.25) is 4.90 Å². The summed E-state index contributed by atoms with van der Waals surface area (Å²) in [6.07, 6.45) is 2.34. The van der Waals surface area contributed by atoms with Gasteiger partial charge >= 0.3 is 0 Å². The molecule has 1 aliphatic heterocycles. The number of nitrogens with zero attached hydrogens (tertiary/aromatic N) is 1. The Labute approximate surface area is 127 Å². The van der Waals surface area contributed by atoms with Gasteiger partial charge in [0.25, 0.3) is 0 Å². The summed E-state index contributed by atoms with van der Waals surface area (Å²) in [5.74, 6) is 0.967. The number of hydrogen-bond donors (Lipinski definition) is 1. The first-order chi connectivity index (χ1) is 10.3. The second-order valence-corrected chi connectivity index (χ2v) is 5.85. The highest BCUT2D eigenvalue weighted by Crippen LogP contribution is 2.35. The molecule has 2 unspecified atom stereocenters. The number of benzene rings is 1. The predicted molar refractivity (Wildman–Crippen MR) is 83.9 cm³/mol. The van der Waals surface area contributed by atoms with Gasteiger partial charge in [0.15, 0.2) is 0 Å². The number of rotatable bonds is 4. The summed E-state index contributed by atoms with van der Waals surface area (Å²) in [7, 11) is 1.74. The van der Waals surface area contributed by atoms with Gasteiger partial charge in [-0.05, 0) is 42.6 Å². The second-order valence-electron chi connectivity index (χ2n) is 5.85. The number of likely N-dealkylation sites (N-methyl/N-ethyl adjacent to an activating group) is 1. The number of methoxy groups -OCH3 is 1. The van der Waals surface area contributed by atoms with Crippen LogP contribution in [0.15, 0.2) is 18.2 Å². The molecule has 1 fully saturated rings. The monoisotopic (exact) mass is 290 g/mol. The summed E-state index contributed by atoms with van der Waals surface area (Å²) in [4.78, 5) is 2.60. The Hall–Kier alpha value is -1.10. The fraction of sp³-hybridized carbons (Fsp3) is 0.647. The average molecular weight is 290 g/mol. The van der Waals surface area contributed by atoms with Crippen LogP contribution in [0.25, 0.3) is 0 Å². The first kappa shape index (κ1) is 14.8. The van der Waals surface area contributed by atoms with Crippen molar-refractivity contribution < 1.29 is 9.47 Å². The standard InChI is InChI=1S/C17H26N2O2/c1-3-18-17-15-6-5-14(20-2)12-13(15)4-7-16(17)19-8-10-21-11-9-19/h5-6,12,16-18H,3-4,7-11H2,1-2H3. The minimum Gasteiger partial charge on any atom is -0.497 e. The summed E-state index contributed by atoms with van der Waals surface area (Å²) in [6, 6.07) is 7.53. The van der Waals surface area contributed by atoms with E-state index in [-0.39, 0.29) is 0 Å². The molecule has 0 radical (unpaired) electrons. The molecule has 2 aliphatic rings. The van der Waals surface area contributed by atoms with Gasteiger partial charge < -0.3 is 14.8 Å². The third-order valence-electron chi connectivity index (χ3n) is 4.72. The largest absolute Gasteiger partial charge is 0.497 e. The van der Waals surface area contributed by atoms with Crippen LogP contribution in [-0.2, 0) is 11.2 Å². The zero-order chi connectivity index (χ0) is 14.7. The Morgan fingerprint density at radius 3 is 2.86 bits per heavy atom. The summed E-state index contributed by atoms with van der Waals surface area (Å²) in [5, 5.41) is 3.70. The quantitative estimate of drug-likeness (QED) is 0.919. The Morgan fingerprint density at radius 1 is 1.33 bits per heavy atom. The molecule has 2 atom stereocenters. The van der Waals surface area contributed by atoms with Crippen LogP contribution in [0.2, 0.25) is 0 Å². The highest BCUT2D eigenvalue weighted by atomic mass is 16.5. The molecule has 0 aromatic heterocycles. The molecule has 116 valence electrons. The van der Waals surface area contributed by atoms with Crippen molar-refractivity contribution >= 4 is 0 Å². The van der Waals surface area contributed by atoms with E-state index in [1.807, 2.05) is 0 Å². The minimum absolute atomic E-state index is 0.419. The Balaban J connectivity index is 1.86. The van der Waals surface area contributed by atoms with Crippen LogP contribution in [0.1, 0.15) is 30.5 Å². The fourth-order valence-electron chi connectivity index (χ4n) is 3.67. The van der Waals surface area contributed by atoms with Gasteiger partial charge in [0.1, 0.15) is 5.75 Å². The van der Waals surface area contributed by atoms with E-state index in [1.165, 1.54) is 17.5 Å². The van der Waals surface area contributed by atoms with Crippen LogP contribution in [0.4, 0.5) is 0 Å². The van der Waals surface area contributed by atoms with Gasteiger partial charge in [0.05, 0.1) is 20.3 Å². The molecule has 4 nitrogen and oxygen atoms in total. The maximum absolute atomic E-state index is 5.51. The minimum atomic E-state index is 0.419. The van der Waals surface area contributed by atoms with E-state index in [0.717, 1.165) is 45.0 Å². The van der Waals surface area contributed by atoms with Crippen molar-refractivity contribution in [1.29, 1.82) is 0 Å². The molecule has 21 heavy (non-hydrogen) atoms. The van der Waals surface area contributed by atoms with Crippen molar-refractivity contribution in [1.82, 2.24) is 10.2 Å². The van der Waals surface area contributed by atoms with Crippen molar-refractivity contribution in [2.75, 3.05) is 40.0 Å². The van der Waals surface area contributed by atoms with Gasteiger partial charge in [0, 0.05) is 25.2 Å². The van der Waals surface area contributed by atoms with Crippen LogP contribution in [0.5, 0.6) is 5.75 Å². The van der Waals surface area contributed by atoms with Crippen LogP contribution >= 0.6 is 0 Å². The molecule has 0 amide bonds. The first-order valence-electron chi connectivity index (χ1n) is 8.05. The molecule has 1 aromatic carbocycles. The van der Waals surface area contributed by atoms with Gasteiger partial charge in [-0.1, -0.05) is 13.0 Å². The van der Waals surface area contributed by atoms with E-state index < -0.39 is 0 Å². The number of morpholine rings is 1. The lowest BCUT2D eigenvalue weighted by Gasteiger charge is -2.42. The Morgan fingerprint density at radius 2 is 2.14 bits per heavy atom. The van der Waals surface area contributed by atoms with Gasteiger partial charge in [-0.25, -0.2) is 0 Å². The molecule has 1 aliphatic carbocycles. The van der Waals surface area contributed by atoms with E-state index in [1.54, 1.807) is 7.11 Å². The third-order valence-corrected chi connectivity index (χ3v) is 4.72. The maximum atomic E-state index is 5.51. The molecule has 1 heterocycles. The van der Waals surface area contributed by atoms with Gasteiger partial charge in [0.2, 0.25) is 0 Å². The van der Waals surface area contributed by atoms with Crippen molar-refractivity contribution in [2.24, 2.45) is 0 Å². The Bertz CT molecular complexity index is 472. The second kappa shape index (κ2) is 6.77. The first-order valence-corrected chi connectivity index (χ1v) is 8.05. The van der Waals surface area contributed by atoms with E-state index in [2.05, 4.69) is 35.3 Å². The van der Waals surface area contributed by atoms with Crippen LogP contribution < -0.4 is 10.1 Å². The lowest BCUT2D eigenvalue weighted by Crippen LogP contribution is -2.51. The molecular weight excluding hydrogens is 264 g/mol. The van der Waals surface area contributed by atoms with E-state index in [4.69, 9.17) is 9.47 Å². The smallest absolute Gasteiger partial charge is 0.119 e. The average Bonchev–Trinajstić information content (AvgIpc) is 2.55. The van der Waals surface area contributed by atoms with Gasteiger partial charge in [-0.15, -0.1) is 0 Å². The molecule has 1 saturated heterocycles. The van der Waals surface area contributed by atoms with Crippen molar-refractivity contribution in [2.45, 2.75) is 31.8 Å². The van der Waals surface area contributed by atoms with Crippen molar-refractivity contribution in [3.63, 3.8) is 0 Å². The summed E-state index contributed by atoms with van der Waals surface area (Å²) < 4.78 is 10.9. The normalized spacial score (nSPS) is 26.4. The molecule has 4 heteroatoms. The SMILES string of the molecule is CCNC1c2ccc(OC)cc2CCC1N1CCOCC1. The van der Waals surface area contributed by atoms with Crippen LogP contribution in [0, 0.1) is 0 Å². The molecule has 3 rings (SSSR count). The number of fused-ring (bicyclic) bond motifs is 1. The number of hydrogen-bond acceptors (Lipinski definition) is 4. The third kappa shape index (κ3) is 3.07. The molecule has 1 aromatic rings. The fourth-order valence-corrected chi connectivity index (χ4v) is 3.67. The summed E-state index contributed by atoms with van der Waals surface area (Å²) in [6.45, 7) is 7.02. The number of nitrogens with one attached hydrogen (secondary N) is 1. The molecule has 0 bridgehead atoms. The molecule has 0 spiro atoms. The van der Waals surface area contributed by atoms with Crippen molar-refractivity contribution in [3.8, 4) is 5.75 Å². The maximum Gasteiger partial charge on any atom is 0.119 e. The lowest BCUT2D eigenvalue weighted by atomic mass is 9.83. The van der Waals surface area contributed by atoms with Crippen molar-refractivity contribution in [3.05, 3.63) is 29.3 Å². The molecule has 0 saturated carbocycles. The lowest BCUT2D eigenvalue weighted by molar-refractivity contribution is 0.00396. The van der Waals surface area contributed by atoms with Crippen LogP contribution in [0.3, 0.4) is 0 Å². The summed E-state index contributed by atoms with van der Waals surface area (Å²) >= 11 is 0. The molecular formula is C17H26N2O2. The van der Waals surface area contributed by atoms with Crippen LogP contribution in [-0.4, -0.2) is 50.9 Å². The highest BCUT2D eigenvalue weighted by molar-refractivity contribution is 5.40. The topological polar surface area (TPSA) is 33.7 Å². The highest BCUT2D eigenvalue weighted by Gasteiger charge is 2.33. The van der Waals surface area contributed by atoms with E-state index in [9.17, 15) is 0 Å². The van der Waals surface area contributed by atoms with Gasteiger partial charge in [-0.2, -0.15) is 0 Å². The zero-order valence-electron chi connectivity index (χ0n) is 13.1. The summed E-state index contributed by atoms with van der Waals surface area (Å²) in [5.41, 5.74) is 2.88. The molecule has 1 N–H and O–H groups in total. The Kier molecular flexibility index (Phi) is 4.78.